The Morgan fingerprint density at radius 1 is 0.683 bits per heavy atom. The zero-order valence-corrected chi connectivity index (χ0v) is 33.9. The summed E-state index contributed by atoms with van der Waals surface area (Å²) in [6.07, 6.45) is 6.57. The lowest BCUT2D eigenvalue weighted by Gasteiger charge is -2.12. The molecule has 0 spiro atoms. The number of carbonyl (C=O) groups excluding carboxylic acids is 3. The monoisotopic (exact) mass is 826 g/mol. The number of hydrogen-bond acceptors (Lipinski definition) is 10. The zero-order valence-electron chi connectivity index (χ0n) is 32.2. The maximum absolute atomic E-state index is 12.3. The number of pyridine rings is 2. The molecule has 10 rings (SSSR count). The van der Waals surface area contributed by atoms with Crippen LogP contribution in [0.2, 0.25) is 0 Å². The summed E-state index contributed by atoms with van der Waals surface area (Å²) >= 11 is 3.32. The van der Waals surface area contributed by atoms with Gasteiger partial charge in [-0.1, -0.05) is 84.9 Å². The van der Waals surface area contributed by atoms with Crippen LogP contribution in [0.5, 0.6) is 0 Å². The molecule has 9 aromatic rings. The smallest absolute Gasteiger partial charge is 0.330 e. The first-order valence-electron chi connectivity index (χ1n) is 19.9. The molecule has 1 saturated heterocycles. The molecular formula is C48H36N5O5S2+. The van der Waals surface area contributed by atoms with Crippen molar-refractivity contribution in [3.8, 4) is 53.8 Å². The first kappa shape index (κ1) is 37.4. The van der Waals surface area contributed by atoms with Crippen LogP contribution in [-0.4, -0.2) is 38.1 Å². The highest BCUT2D eigenvalue weighted by Gasteiger charge is 2.32. The summed E-state index contributed by atoms with van der Waals surface area (Å²) in [5.41, 5.74) is 7.96. The SMILES string of the molecule is O=C(CCCCC[n+]1ccc(-c2nc(-c3ccc(-c4cccc5ccccc45)s3)c3nonc3c2-c2cc(-c3cccc4ccccc34)cs2)cc1)ON1C(=O)CCC1=O. The minimum Gasteiger partial charge on any atom is -0.330 e. The third kappa shape index (κ3) is 7.14. The number of rotatable bonds is 12. The van der Waals surface area contributed by atoms with Crippen LogP contribution in [0.3, 0.4) is 0 Å². The molecule has 12 heteroatoms. The number of fused-ring (bicyclic) bond motifs is 3. The Bertz CT molecular complexity index is 3070. The van der Waals surface area contributed by atoms with Crippen LogP contribution in [0.25, 0.3) is 86.4 Å². The molecule has 2 amide bonds. The lowest BCUT2D eigenvalue weighted by molar-refractivity contribution is -0.697. The fourth-order valence-corrected chi connectivity index (χ4v) is 9.89. The van der Waals surface area contributed by atoms with Crippen LogP contribution in [0.1, 0.15) is 38.5 Å². The van der Waals surface area contributed by atoms with Crippen LogP contribution in [0.4, 0.5) is 0 Å². The van der Waals surface area contributed by atoms with Gasteiger partial charge in [0.05, 0.1) is 10.6 Å². The van der Waals surface area contributed by atoms with Crippen molar-refractivity contribution in [1.29, 1.82) is 0 Å². The molecular weight excluding hydrogens is 791 g/mol. The Morgan fingerprint density at radius 3 is 2.12 bits per heavy atom. The van der Waals surface area contributed by atoms with Crippen molar-refractivity contribution in [3.05, 3.63) is 133 Å². The van der Waals surface area contributed by atoms with Crippen LogP contribution in [0.15, 0.2) is 138 Å². The summed E-state index contributed by atoms with van der Waals surface area (Å²) in [7, 11) is 0. The van der Waals surface area contributed by atoms with Crippen molar-refractivity contribution in [3.63, 3.8) is 0 Å². The average molecular weight is 827 g/mol. The standard InChI is InChI=1S/C48H36N5O5S2/c54-41-21-22-42(55)53(41)57-43(56)18-2-1-7-25-52-26-23-32(24-27-52)45-44(40-28-33(29-59-40)36-16-8-12-30-10-3-5-14-34(30)36)47-48(51-58-50-47)46(49-45)39-20-19-38(60-39)37-17-9-13-31-11-4-6-15-35(31)37/h3-6,8-17,19-20,23-24,26-29H,1-2,7,18,21-22,25H2/q+1. The number of hydrogen-bond donors (Lipinski definition) is 0. The van der Waals surface area contributed by atoms with Crippen molar-refractivity contribution in [2.24, 2.45) is 0 Å². The number of nitrogens with zero attached hydrogens (tertiary/aromatic N) is 5. The predicted molar refractivity (Wildman–Crippen MR) is 233 cm³/mol. The summed E-state index contributed by atoms with van der Waals surface area (Å²) in [6, 6.07) is 40.3. The zero-order chi connectivity index (χ0) is 40.6. The number of amides is 2. The number of aromatic nitrogens is 4. The number of thiophene rings is 2. The number of unbranched alkanes of at least 4 members (excludes halogenated alkanes) is 2. The Balaban J connectivity index is 0.970. The predicted octanol–water partition coefficient (Wildman–Crippen LogP) is 10.8. The van der Waals surface area contributed by atoms with Gasteiger partial charge >= 0.3 is 5.97 Å². The molecule has 0 radical (unpaired) electrons. The molecule has 294 valence electrons. The van der Waals surface area contributed by atoms with E-state index < -0.39 is 17.8 Å². The summed E-state index contributed by atoms with van der Waals surface area (Å²) < 4.78 is 7.63. The highest BCUT2D eigenvalue weighted by Crippen LogP contribution is 2.46. The lowest BCUT2D eigenvalue weighted by Crippen LogP contribution is -2.32. The van der Waals surface area contributed by atoms with Gasteiger partial charge in [-0.3, -0.25) is 9.59 Å². The fourth-order valence-electron chi connectivity index (χ4n) is 7.90. The summed E-state index contributed by atoms with van der Waals surface area (Å²) in [5.74, 6) is -1.51. The minimum atomic E-state index is -0.570. The summed E-state index contributed by atoms with van der Waals surface area (Å²) in [6.45, 7) is 0.738. The van der Waals surface area contributed by atoms with E-state index in [9.17, 15) is 14.4 Å². The van der Waals surface area contributed by atoms with E-state index in [1.54, 1.807) is 22.7 Å². The van der Waals surface area contributed by atoms with Crippen molar-refractivity contribution in [1.82, 2.24) is 20.4 Å². The van der Waals surface area contributed by atoms with E-state index in [1.165, 1.54) is 21.5 Å². The average Bonchev–Trinajstić information content (AvgIpc) is 4.13. The summed E-state index contributed by atoms with van der Waals surface area (Å²) in [4.78, 5) is 49.3. The molecule has 60 heavy (non-hydrogen) atoms. The highest BCUT2D eigenvalue weighted by molar-refractivity contribution is 7.19. The molecule has 0 atom stereocenters. The Labute approximate surface area is 352 Å². The van der Waals surface area contributed by atoms with Crippen LogP contribution in [-0.2, 0) is 25.8 Å². The largest absolute Gasteiger partial charge is 0.333 e. The second-order valence-electron chi connectivity index (χ2n) is 14.7. The molecule has 5 aromatic heterocycles. The topological polar surface area (TPSA) is 119 Å². The molecule has 6 heterocycles. The minimum absolute atomic E-state index is 0.0790. The molecule has 4 aromatic carbocycles. The molecule has 0 saturated carbocycles. The van der Waals surface area contributed by atoms with Gasteiger partial charge in [-0.25, -0.2) is 19.0 Å². The van der Waals surface area contributed by atoms with Gasteiger partial charge in [-0.15, -0.1) is 27.7 Å². The second-order valence-corrected chi connectivity index (χ2v) is 16.7. The number of benzene rings is 4. The molecule has 0 aliphatic carbocycles. The maximum Gasteiger partial charge on any atom is 0.333 e. The van der Waals surface area contributed by atoms with Crippen LogP contribution < -0.4 is 4.57 Å². The Morgan fingerprint density at radius 2 is 1.35 bits per heavy atom. The fraction of sp³-hybridized carbons (Fsp3) is 0.146. The van der Waals surface area contributed by atoms with E-state index in [0.717, 1.165) is 67.5 Å². The molecule has 0 unspecified atom stereocenters. The van der Waals surface area contributed by atoms with Crippen LogP contribution >= 0.6 is 22.7 Å². The normalized spacial score (nSPS) is 13.0. The van der Waals surface area contributed by atoms with Gasteiger partial charge in [0, 0.05) is 58.7 Å². The third-order valence-corrected chi connectivity index (χ3v) is 13.0. The van der Waals surface area contributed by atoms with Crippen molar-refractivity contribution >= 4 is 73.0 Å². The number of hydroxylamine groups is 2. The van der Waals surface area contributed by atoms with Gasteiger partial charge < -0.3 is 4.84 Å². The molecule has 10 nitrogen and oxygen atoms in total. The number of aryl methyl sites for hydroxylation is 1. The van der Waals surface area contributed by atoms with E-state index in [0.29, 0.717) is 28.2 Å². The molecule has 1 aliphatic heterocycles. The van der Waals surface area contributed by atoms with Crippen molar-refractivity contribution in [2.45, 2.75) is 45.1 Å². The number of imide groups is 1. The van der Waals surface area contributed by atoms with Crippen molar-refractivity contribution < 1.29 is 28.4 Å². The third-order valence-electron chi connectivity index (χ3n) is 10.9. The van der Waals surface area contributed by atoms with Gasteiger partial charge in [0.25, 0.3) is 11.8 Å². The van der Waals surface area contributed by atoms with Crippen molar-refractivity contribution in [2.75, 3.05) is 0 Å². The van der Waals surface area contributed by atoms with Gasteiger partial charge in [-0.05, 0) is 85.0 Å². The first-order valence-corrected chi connectivity index (χ1v) is 21.6. The quantitative estimate of drug-likeness (QED) is 0.0678. The van der Waals surface area contributed by atoms with Gasteiger partial charge in [-0.2, -0.15) is 0 Å². The summed E-state index contributed by atoms with van der Waals surface area (Å²) in [5, 5.41) is 16.5. The molecule has 1 fully saturated rings. The van der Waals surface area contributed by atoms with E-state index in [1.807, 2.05) is 12.4 Å². The van der Waals surface area contributed by atoms with Gasteiger partial charge in [0.2, 0.25) is 0 Å². The van der Waals surface area contributed by atoms with Gasteiger partial charge in [0.1, 0.15) is 17.8 Å². The first-order chi connectivity index (χ1) is 29.5. The second kappa shape index (κ2) is 16.0. The van der Waals surface area contributed by atoms with E-state index in [-0.39, 0.29) is 19.3 Å². The highest BCUT2D eigenvalue weighted by atomic mass is 32.1. The lowest BCUT2D eigenvalue weighted by atomic mass is 9.98. The van der Waals surface area contributed by atoms with E-state index in [2.05, 4.69) is 136 Å². The van der Waals surface area contributed by atoms with E-state index >= 15 is 0 Å². The Kier molecular flexibility index (Phi) is 10.00. The number of carbonyl (C=O) groups is 3. The Hall–Kier alpha value is -6.89. The van der Waals surface area contributed by atoms with E-state index in [4.69, 9.17) is 14.5 Å². The maximum atomic E-state index is 12.3. The molecule has 0 N–H and O–H groups in total. The van der Waals surface area contributed by atoms with Crippen LogP contribution in [0, 0.1) is 0 Å². The van der Waals surface area contributed by atoms with Gasteiger partial charge in [0.15, 0.2) is 17.9 Å². The molecule has 1 aliphatic rings. The molecule has 0 bridgehead atoms.